The van der Waals surface area contributed by atoms with Crippen molar-refractivity contribution in [2.24, 2.45) is 5.92 Å². The molecule has 1 aromatic rings. The lowest BCUT2D eigenvalue weighted by Crippen LogP contribution is -2.42. The van der Waals surface area contributed by atoms with Gasteiger partial charge >= 0.3 is 0 Å². The summed E-state index contributed by atoms with van der Waals surface area (Å²) in [5, 5.41) is 16.0. The molecule has 1 atom stereocenters. The van der Waals surface area contributed by atoms with Crippen LogP contribution in [0.1, 0.15) is 35.7 Å². The molecule has 1 fully saturated rings. The Hall–Kier alpha value is -1.55. The topological polar surface area (TPSA) is 61.4 Å². The number of hydrogen-bond donors (Lipinski definition) is 3. The fourth-order valence-corrected chi connectivity index (χ4v) is 2.50. The van der Waals surface area contributed by atoms with E-state index in [-0.39, 0.29) is 17.7 Å². The molecule has 0 spiro atoms. The van der Waals surface area contributed by atoms with Gasteiger partial charge in [-0.25, -0.2) is 0 Å². The average molecular weight is 262 g/mol. The first kappa shape index (κ1) is 13.9. The van der Waals surface area contributed by atoms with Crippen LogP contribution in [0.4, 0.5) is 0 Å². The maximum atomic E-state index is 12.1. The normalized spacial score (nSPS) is 18.0. The van der Waals surface area contributed by atoms with E-state index in [0.29, 0.717) is 11.5 Å². The summed E-state index contributed by atoms with van der Waals surface area (Å²) in [6, 6.07) is 5.21. The van der Waals surface area contributed by atoms with Crippen molar-refractivity contribution in [2.45, 2.75) is 32.7 Å². The summed E-state index contributed by atoms with van der Waals surface area (Å²) in [4.78, 5) is 12.1. The van der Waals surface area contributed by atoms with Crippen molar-refractivity contribution < 1.29 is 9.90 Å². The minimum Gasteiger partial charge on any atom is -0.508 e. The molecule has 0 radical (unpaired) electrons. The van der Waals surface area contributed by atoms with Crippen LogP contribution in [-0.2, 0) is 0 Å². The fraction of sp³-hybridized carbons (Fsp3) is 0.533. The largest absolute Gasteiger partial charge is 0.508 e. The second-order valence-electron chi connectivity index (χ2n) is 5.35. The van der Waals surface area contributed by atoms with Crippen molar-refractivity contribution >= 4 is 5.91 Å². The highest BCUT2D eigenvalue weighted by atomic mass is 16.3. The molecule has 4 heteroatoms. The van der Waals surface area contributed by atoms with Crippen LogP contribution in [0.3, 0.4) is 0 Å². The number of aromatic hydroxyl groups is 1. The zero-order valence-electron chi connectivity index (χ0n) is 11.6. The van der Waals surface area contributed by atoms with Gasteiger partial charge in [-0.2, -0.15) is 0 Å². The van der Waals surface area contributed by atoms with Gasteiger partial charge in [-0.1, -0.05) is 6.07 Å². The maximum absolute atomic E-state index is 12.1. The maximum Gasteiger partial charge on any atom is 0.251 e. The summed E-state index contributed by atoms with van der Waals surface area (Å²) >= 11 is 0. The summed E-state index contributed by atoms with van der Waals surface area (Å²) in [5.41, 5.74) is 1.30. The first-order valence-corrected chi connectivity index (χ1v) is 6.89. The summed E-state index contributed by atoms with van der Waals surface area (Å²) < 4.78 is 0. The molecule has 1 unspecified atom stereocenters. The number of hydrogen-bond acceptors (Lipinski definition) is 3. The number of phenols is 1. The van der Waals surface area contributed by atoms with Gasteiger partial charge in [-0.3, -0.25) is 4.79 Å². The van der Waals surface area contributed by atoms with Gasteiger partial charge in [0.25, 0.3) is 5.91 Å². The van der Waals surface area contributed by atoms with Crippen molar-refractivity contribution in [3.05, 3.63) is 29.3 Å². The van der Waals surface area contributed by atoms with E-state index in [1.165, 1.54) is 6.07 Å². The zero-order valence-corrected chi connectivity index (χ0v) is 11.6. The number of nitrogens with one attached hydrogen (secondary N) is 2. The van der Waals surface area contributed by atoms with Crippen LogP contribution in [-0.4, -0.2) is 30.1 Å². The number of piperidine rings is 1. The minimum absolute atomic E-state index is 0.110. The third-order valence-electron chi connectivity index (χ3n) is 3.92. The molecule has 1 aliphatic rings. The van der Waals surface area contributed by atoms with E-state index >= 15 is 0 Å². The highest BCUT2D eigenvalue weighted by Gasteiger charge is 2.21. The van der Waals surface area contributed by atoms with E-state index in [4.69, 9.17) is 0 Å². The summed E-state index contributed by atoms with van der Waals surface area (Å²) in [6.07, 6.45) is 2.20. The van der Waals surface area contributed by atoms with Gasteiger partial charge < -0.3 is 15.7 Å². The van der Waals surface area contributed by atoms with Crippen molar-refractivity contribution in [2.75, 3.05) is 13.1 Å². The van der Waals surface area contributed by atoms with Crippen LogP contribution in [0, 0.1) is 12.8 Å². The molecule has 19 heavy (non-hydrogen) atoms. The van der Waals surface area contributed by atoms with Crippen molar-refractivity contribution in [3.63, 3.8) is 0 Å². The lowest BCUT2D eigenvalue weighted by molar-refractivity contribution is 0.0920. The molecule has 1 heterocycles. The first-order chi connectivity index (χ1) is 9.08. The number of phenolic OH excluding ortho intramolecular Hbond substituents is 1. The van der Waals surface area contributed by atoms with Gasteiger partial charge in [-0.05, 0) is 63.4 Å². The summed E-state index contributed by atoms with van der Waals surface area (Å²) in [6.45, 7) is 5.92. The fourth-order valence-electron chi connectivity index (χ4n) is 2.50. The lowest BCUT2D eigenvalue weighted by Gasteiger charge is -2.28. The zero-order chi connectivity index (χ0) is 13.8. The predicted molar refractivity (Wildman–Crippen MR) is 75.4 cm³/mol. The summed E-state index contributed by atoms with van der Waals surface area (Å²) in [7, 11) is 0. The van der Waals surface area contributed by atoms with Gasteiger partial charge in [0, 0.05) is 11.6 Å². The van der Waals surface area contributed by atoms with Crippen molar-refractivity contribution in [1.29, 1.82) is 0 Å². The molecular weight excluding hydrogens is 240 g/mol. The Bertz CT molecular complexity index is 453. The van der Waals surface area contributed by atoms with Gasteiger partial charge in [0.2, 0.25) is 0 Å². The second kappa shape index (κ2) is 6.06. The van der Waals surface area contributed by atoms with Gasteiger partial charge in [0.15, 0.2) is 0 Å². The van der Waals surface area contributed by atoms with E-state index in [1.54, 1.807) is 12.1 Å². The molecule has 1 aliphatic heterocycles. The van der Waals surface area contributed by atoms with E-state index in [2.05, 4.69) is 17.6 Å². The molecule has 4 nitrogen and oxygen atoms in total. The van der Waals surface area contributed by atoms with E-state index in [9.17, 15) is 9.90 Å². The monoisotopic (exact) mass is 262 g/mol. The van der Waals surface area contributed by atoms with E-state index in [0.717, 1.165) is 31.5 Å². The van der Waals surface area contributed by atoms with Crippen LogP contribution < -0.4 is 10.6 Å². The van der Waals surface area contributed by atoms with Crippen molar-refractivity contribution in [3.8, 4) is 5.75 Å². The van der Waals surface area contributed by atoms with Crippen LogP contribution in [0.2, 0.25) is 0 Å². The Kier molecular flexibility index (Phi) is 4.43. The Morgan fingerprint density at radius 1 is 1.42 bits per heavy atom. The molecule has 0 aromatic heterocycles. The molecule has 2 rings (SSSR count). The molecule has 0 saturated carbocycles. The van der Waals surface area contributed by atoms with Gasteiger partial charge in [0.1, 0.15) is 5.75 Å². The molecule has 1 aromatic carbocycles. The van der Waals surface area contributed by atoms with Crippen LogP contribution in [0.5, 0.6) is 5.75 Å². The Morgan fingerprint density at radius 3 is 2.74 bits per heavy atom. The number of amides is 1. The molecular formula is C15H22N2O2. The highest BCUT2D eigenvalue weighted by molar-refractivity contribution is 5.94. The molecule has 1 amide bonds. The van der Waals surface area contributed by atoms with Crippen molar-refractivity contribution in [1.82, 2.24) is 10.6 Å². The minimum atomic E-state index is -0.110. The molecule has 0 bridgehead atoms. The third kappa shape index (κ3) is 3.47. The first-order valence-electron chi connectivity index (χ1n) is 6.89. The average Bonchev–Trinajstić information content (AvgIpc) is 2.42. The standard InChI is InChI=1S/C15H22N2O2/c1-10-3-4-13(9-14(10)18)15(19)17-11(2)12-5-7-16-8-6-12/h3-4,9,11-12,16,18H,5-8H2,1-2H3,(H,17,19). The summed E-state index contributed by atoms with van der Waals surface area (Å²) in [5.74, 6) is 0.591. The number of benzene rings is 1. The Morgan fingerprint density at radius 2 is 2.11 bits per heavy atom. The van der Waals surface area contributed by atoms with Gasteiger partial charge in [0.05, 0.1) is 0 Å². The lowest BCUT2D eigenvalue weighted by atomic mass is 9.91. The molecule has 0 aliphatic carbocycles. The quantitative estimate of drug-likeness (QED) is 0.778. The number of carbonyl (C=O) groups excluding carboxylic acids is 1. The number of aryl methyl sites for hydroxylation is 1. The van der Waals surface area contributed by atoms with E-state index in [1.807, 2.05) is 6.92 Å². The smallest absolute Gasteiger partial charge is 0.251 e. The Labute approximate surface area is 114 Å². The predicted octanol–water partition coefficient (Wildman–Crippen LogP) is 1.82. The number of carbonyl (C=O) groups is 1. The highest BCUT2D eigenvalue weighted by Crippen LogP contribution is 2.19. The van der Waals surface area contributed by atoms with Crippen LogP contribution >= 0.6 is 0 Å². The Balaban J connectivity index is 1.97. The van der Waals surface area contributed by atoms with Crippen LogP contribution in [0.25, 0.3) is 0 Å². The second-order valence-corrected chi connectivity index (χ2v) is 5.35. The van der Waals surface area contributed by atoms with E-state index < -0.39 is 0 Å². The number of rotatable bonds is 3. The molecule has 104 valence electrons. The van der Waals surface area contributed by atoms with Gasteiger partial charge in [-0.15, -0.1) is 0 Å². The molecule has 1 saturated heterocycles. The molecule has 3 N–H and O–H groups in total. The van der Waals surface area contributed by atoms with Crippen LogP contribution in [0.15, 0.2) is 18.2 Å². The third-order valence-corrected chi connectivity index (χ3v) is 3.92. The SMILES string of the molecule is Cc1ccc(C(=O)NC(C)C2CCNCC2)cc1O.